The molecule has 0 atom stereocenters. The molecule has 0 fully saturated rings. The molecule has 146 valence electrons. The van der Waals surface area contributed by atoms with E-state index in [1.54, 1.807) is 11.0 Å². The number of furan rings is 1. The van der Waals surface area contributed by atoms with Crippen molar-refractivity contribution in [2.45, 2.75) is 13.0 Å². The average molecular weight is 387 g/mol. The smallest absolute Gasteiger partial charge is 0.246 e. The summed E-state index contributed by atoms with van der Waals surface area (Å²) in [6, 6.07) is 7.58. The highest BCUT2D eigenvalue weighted by Crippen LogP contribution is 2.34. The van der Waals surface area contributed by atoms with Crippen molar-refractivity contribution in [2.75, 3.05) is 25.5 Å². The number of fused-ring (bicyclic) bond motifs is 3. The van der Waals surface area contributed by atoms with Gasteiger partial charge in [-0.3, -0.25) is 4.79 Å². The minimum atomic E-state index is -0.0260. The number of rotatable bonds is 5. The Kier molecular flexibility index (Phi) is 5.27. The summed E-state index contributed by atoms with van der Waals surface area (Å²) in [5.41, 5.74) is 3.19. The van der Waals surface area contributed by atoms with Crippen LogP contribution in [0.1, 0.15) is 16.9 Å². The Morgan fingerprint density at radius 1 is 1.41 bits per heavy atom. The summed E-state index contributed by atoms with van der Waals surface area (Å²) in [4.78, 5) is 22.8. The van der Waals surface area contributed by atoms with Gasteiger partial charge in [0, 0.05) is 36.0 Å². The van der Waals surface area contributed by atoms with Gasteiger partial charge in [-0.05, 0) is 31.7 Å². The van der Waals surface area contributed by atoms with E-state index in [2.05, 4.69) is 26.5 Å². The first-order valence-corrected chi connectivity index (χ1v) is 9.38. The van der Waals surface area contributed by atoms with E-state index in [4.69, 9.17) is 10.8 Å². The molecular formula is C22H21N5O2. The van der Waals surface area contributed by atoms with Crippen molar-refractivity contribution in [1.29, 1.82) is 0 Å². The topological polar surface area (TPSA) is 83.3 Å². The zero-order valence-corrected chi connectivity index (χ0v) is 16.1. The number of terminal acetylenes is 1. The molecule has 0 saturated carbocycles. The standard InChI is InChI=1S/C22H21N5O2/c1-3-15-6-4-7-16(12-15)26-21-20-17-9-11-27(19(28)8-5-10-23-2)13-18(17)29-22(20)25-14-24-21/h1,4-8,12,14,23H,9-11,13H2,2H3,(H,24,25,26)/b8-5+. The largest absolute Gasteiger partial charge is 0.440 e. The Labute approximate surface area is 168 Å². The monoisotopic (exact) mass is 387 g/mol. The van der Waals surface area contributed by atoms with Crippen LogP contribution in [0.25, 0.3) is 11.1 Å². The molecular weight excluding hydrogens is 366 g/mol. The number of nitrogens with zero attached hydrogens (tertiary/aromatic N) is 3. The zero-order valence-electron chi connectivity index (χ0n) is 16.1. The maximum Gasteiger partial charge on any atom is 0.246 e. The predicted octanol–water partition coefficient (Wildman–Crippen LogP) is 2.61. The van der Waals surface area contributed by atoms with Gasteiger partial charge in [0.25, 0.3) is 0 Å². The lowest BCUT2D eigenvalue weighted by Gasteiger charge is -2.25. The quantitative estimate of drug-likeness (QED) is 0.517. The van der Waals surface area contributed by atoms with Crippen LogP contribution in [0.4, 0.5) is 11.5 Å². The SMILES string of the molecule is C#Cc1cccc(Nc2ncnc3oc4c(c23)CCN(C(=O)/C=C/CNC)C4)c1. The number of carbonyl (C=O) groups excluding carboxylic acids is 1. The molecule has 7 nitrogen and oxygen atoms in total. The number of aromatic nitrogens is 2. The molecule has 3 heterocycles. The highest BCUT2D eigenvalue weighted by atomic mass is 16.3. The van der Waals surface area contributed by atoms with Crippen LogP contribution in [0.2, 0.25) is 0 Å². The lowest BCUT2D eigenvalue weighted by Crippen LogP contribution is -2.34. The Morgan fingerprint density at radius 2 is 2.31 bits per heavy atom. The van der Waals surface area contributed by atoms with Gasteiger partial charge in [0.05, 0.1) is 11.9 Å². The summed E-state index contributed by atoms with van der Waals surface area (Å²) in [5, 5.41) is 7.16. The fourth-order valence-corrected chi connectivity index (χ4v) is 3.42. The highest BCUT2D eigenvalue weighted by Gasteiger charge is 2.27. The van der Waals surface area contributed by atoms with Gasteiger partial charge in [0.1, 0.15) is 17.9 Å². The van der Waals surface area contributed by atoms with Gasteiger partial charge in [0.2, 0.25) is 11.6 Å². The summed E-state index contributed by atoms with van der Waals surface area (Å²) in [7, 11) is 1.84. The number of hydrogen-bond acceptors (Lipinski definition) is 6. The summed E-state index contributed by atoms with van der Waals surface area (Å²) in [5.74, 6) is 4.03. The van der Waals surface area contributed by atoms with Gasteiger partial charge in [-0.1, -0.05) is 18.1 Å². The van der Waals surface area contributed by atoms with E-state index >= 15 is 0 Å². The Morgan fingerprint density at radius 3 is 3.14 bits per heavy atom. The van der Waals surface area contributed by atoms with Gasteiger partial charge in [-0.15, -0.1) is 6.42 Å². The Hall–Kier alpha value is -3.63. The van der Waals surface area contributed by atoms with Gasteiger partial charge in [-0.25, -0.2) is 9.97 Å². The first kappa shape index (κ1) is 18.7. The van der Waals surface area contributed by atoms with Gasteiger partial charge >= 0.3 is 0 Å². The lowest BCUT2D eigenvalue weighted by molar-refractivity contribution is -0.127. The fourth-order valence-electron chi connectivity index (χ4n) is 3.42. The maximum absolute atomic E-state index is 12.4. The van der Waals surface area contributed by atoms with E-state index in [0.29, 0.717) is 37.6 Å². The molecule has 2 N–H and O–H groups in total. The van der Waals surface area contributed by atoms with Crippen LogP contribution in [0.3, 0.4) is 0 Å². The van der Waals surface area contributed by atoms with Crippen LogP contribution in [-0.4, -0.2) is 40.9 Å². The second kappa shape index (κ2) is 8.17. The van der Waals surface area contributed by atoms with Crippen molar-refractivity contribution in [3.05, 3.63) is 59.6 Å². The zero-order chi connectivity index (χ0) is 20.2. The van der Waals surface area contributed by atoms with Crippen molar-refractivity contribution >= 4 is 28.5 Å². The van der Waals surface area contributed by atoms with Crippen molar-refractivity contribution in [1.82, 2.24) is 20.2 Å². The molecule has 0 spiro atoms. The molecule has 1 aliphatic heterocycles. The fraction of sp³-hybridized carbons (Fsp3) is 0.227. The molecule has 29 heavy (non-hydrogen) atoms. The molecule has 7 heteroatoms. The number of benzene rings is 1. The average Bonchev–Trinajstić information content (AvgIpc) is 3.12. The molecule has 4 rings (SSSR count). The van der Waals surface area contributed by atoms with Crippen molar-refractivity contribution in [2.24, 2.45) is 0 Å². The second-order valence-corrected chi connectivity index (χ2v) is 6.73. The molecule has 0 radical (unpaired) electrons. The summed E-state index contributed by atoms with van der Waals surface area (Å²) in [6.45, 7) is 1.69. The molecule has 0 bridgehead atoms. The molecule has 0 saturated heterocycles. The molecule has 3 aromatic rings. The normalized spacial score (nSPS) is 13.4. The van der Waals surface area contributed by atoms with Gasteiger partial charge in [-0.2, -0.15) is 0 Å². The Balaban J connectivity index is 1.62. The third-order valence-corrected chi connectivity index (χ3v) is 4.82. The number of carbonyl (C=O) groups is 1. The predicted molar refractivity (Wildman–Crippen MR) is 112 cm³/mol. The van der Waals surface area contributed by atoms with E-state index in [-0.39, 0.29) is 5.91 Å². The van der Waals surface area contributed by atoms with E-state index in [1.165, 1.54) is 6.33 Å². The number of amides is 1. The Bertz CT molecular complexity index is 1130. The summed E-state index contributed by atoms with van der Waals surface area (Å²) >= 11 is 0. The van der Waals surface area contributed by atoms with E-state index in [1.807, 2.05) is 37.4 Å². The second-order valence-electron chi connectivity index (χ2n) is 6.73. The molecule has 1 aliphatic rings. The molecule has 2 aromatic heterocycles. The number of anilines is 2. The van der Waals surface area contributed by atoms with Crippen LogP contribution >= 0.6 is 0 Å². The third-order valence-electron chi connectivity index (χ3n) is 4.82. The van der Waals surface area contributed by atoms with Crippen molar-refractivity contribution in [3.8, 4) is 12.3 Å². The lowest BCUT2D eigenvalue weighted by atomic mass is 10.0. The van der Waals surface area contributed by atoms with Crippen LogP contribution < -0.4 is 10.6 Å². The van der Waals surface area contributed by atoms with Crippen LogP contribution in [-0.2, 0) is 17.8 Å². The van der Waals surface area contributed by atoms with Crippen LogP contribution in [0, 0.1) is 12.3 Å². The minimum Gasteiger partial charge on any atom is -0.440 e. The molecule has 0 unspecified atom stereocenters. The maximum atomic E-state index is 12.4. The number of nitrogens with one attached hydrogen (secondary N) is 2. The van der Waals surface area contributed by atoms with E-state index in [9.17, 15) is 4.79 Å². The number of hydrogen-bond donors (Lipinski definition) is 2. The molecule has 1 amide bonds. The summed E-state index contributed by atoms with van der Waals surface area (Å²) in [6.07, 6.45) is 11.0. The van der Waals surface area contributed by atoms with Crippen LogP contribution in [0.5, 0.6) is 0 Å². The van der Waals surface area contributed by atoms with Crippen LogP contribution in [0.15, 0.2) is 47.2 Å². The first-order chi connectivity index (χ1) is 14.2. The number of likely N-dealkylation sites (N-methyl/N-ethyl adjacent to an activating group) is 1. The third kappa shape index (κ3) is 3.84. The highest BCUT2D eigenvalue weighted by molar-refractivity contribution is 5.93. The van der Waals surface area contributed by atoms with E-state index in [0.717, 1.165) is 28.0 Å². The van der Waals surface area contributed by atoms with Crippen molar-refractivity contribution < 1.29 is 9.21 Å². The molecule has 0 aliphatic carbocycles. The van der Waals surface area contributed by atoms with Gasteiger partial charge in [0.15, 0.2) is 0 Å². The minimum absolute atomic E-state index is 0.0260. The van der Waals surface area contributed by atoms with Crippen molar-refractivity contribution in [3.63, 3.8) is 0 Å². The summed E-state index contributed by atoms with van der Waals surface area (Å²) < 4.78 is 5.97. The first-order valence-electron chi connectivity index (χ1n) is 9.38. The van der Waals surface area contributed by atoms with Gasteiger partial charge < -0.3 is 20.0 Å². The van der Waals surface area contributed by atoms with E-state index < -0.39 is 0 Å². The molecule has 1 aromatic carbocycles.